The van der Waals surface area contributed by atoms with Crippen LogP contribution >= 0.6 is 0 Å². The van der Waals surface area contributed by atoms with Crippen LogP contribution in [-0.4, -0.2) is 49.1 Å². The molecule has 0 radical (unpaired) electrons. The molecule has 0 bridgehead atoms. The van der Waals surface area contributed by atoms with Gasteiger partial charge in [-0.1, -0.05) is 0 Å². The fourth-order valence-corrected chi connectivity index (χ4v) is 2.09. The van der Waals surface area contributed by atoms with Crippen LogP contribution in [0.25, 0.3) is 0 Å². The van der Waals surface area contributed by atoms with E-state index in [1.54, 1.807) is 0 Å². The van der Waals surface area contributed by atoms with E-state index in [1.165, 1.54) is 25.9 Å². The van der Waals surface area contributed by atoms with Gasteiger partial charge in [0.15, 0.2) is 0 Å². The number of likely N-dealkylation sites (tertiary alicyclic amines) is 1. The third-order valence-corrected chi connectivity index (χ3v) is 3.39. The molecule has 4 nitrogen and oxygen atoms in total. The first-order valence-corrected chi connectivity index (χ1v) is 6.52. The predicted molar refractivity (Wildman–Crippen MR) is 64.3 cm³/mol. The summed E-state index contributed by atoms with van der Waals surface area (Å²) in [4.78, 5) is 14.1. The lowest BCUT2D eigenvalue weighted by molar-refractivity contribution is -0.122. The lowest BCUT2D eigenvalue weighted by Gasteiger charge is -2.18. The van der Waals surface area contributed by atoms with Gasteiger partial charge in [-0.15, -0.1) is 0 Å². The zero-order valence-corrected chi connectivity index (χ0v) is 10.2. The van der Waals surface area contributed by atoms with Gasteiger partial charge in [-0.25, -0.2) is 0 Å². The average molecular weight is 225 g/mol. The first-order valence-electron chi connectivity index (χ1n) is 6.52. The Kier molecular flexibility index (Phi) is 4.18. The first kappa shape index (κ1) is 11.9. The lowest BCUT2D eigenvalue weighted by Crippen LogP contribution is -2.45. The Labute approximate surface area is 97.8 Å². The first-order chi connectivity index (χ1) is 7.75. The van der Waals surface area contributed by atoms with Crippen molar-refractivity contribution in [2.45, 2.75) is 44.7 Å². The number of carbonyl (C=O) groups is 1. The fourth-order valence-electron chi connectivity index (χ4n) is 2.09. The quantitative estimate of drug-likeness (QED) is 0.685. The summed E-state index contributed by atoms with van der Waals surface area (Å²) < 4.78 is 0. The molecule has 16 heavy (non-hydrogen) atoms. The zero-order chi connectivity index (χ0) is 11.4. The highest BCUT2D eigenvalue weighted by molar-refractivity contribution is 5.81. The number of carbonyl (C=O) groups excluding carboxylic acids is 1. The topological polar surface area (TPSA) is 44.4 Å². The molecule has 0 aromatic carbocycles. The summed E-state index contributed by atoms with van der Waals surface area (Å²) in [6.45, 7) is 6.39. The standard InChI is InChI=1S/C12H23N3O/c1-10(12(16)14-11-4-5-11)13-6-9-15-7-2-3-8-15/h10-11,13H,2-9H2,1H3,(H,14,16). The van der Waals surface area contributed by atoms with E-state index in [2.05, 4.69) is 15.5 Å². The van der Waals surface area contributed by atoms with E-state index in [9.17, 15) is 4.79 Å². The Balaban J connectivity index is 1.55. The average Bonchev–Trinajstić information content (AvgIpc) is 2.93. The van der Waals surface area contributed by atoms with Crippen LogP contribution in [0.2, 0.25) is 0 Å². The third-order valence-electron chi connectivity index (χ3n) is 3.39. The van der Waals surface area contributed by atoms with Crippen molar-refractivity contribution in [1.29, 1.82) is 0 Å². The summed E-state index contributed by atoms with van der Waals surface area (Å²) >= 11 is 0. The Bertz CT molecular complexity index is 234. The maximum atomic E-state index is 11.6. The van der Waals surface area contributed by atoms with Crippen LogP contribution in [0.3, 0.4) is 0 Å². The van der Waals surface area contributed by atoms with Crippen molar-refractivity contribution in [3.63, 3.8) is 0 Å². The maximum Gasteiger partial charge on any atom is 0.237 e. The van der Waals surface area contributed by atoms with E-state index >= 15 is 0 Å². The van der Waals surface area contributed by atoms with E-state index < -0.39 is 0 Å². The second-order valence-corrected chi connectivity index (χ2v) is 5.01. The van der Waals surface area contributed by atoms with E-state index in [0.717, 1.165) is 25.9 Å². The Hall–Kier alpha value is -0.610. The van der Waals surface area contributed by atoms with Gasteiger partial charge in [-0.3, -0.25) is 4.79 Å². The SMILES string of the molecule is CC(NCCN1CCCC1)C(=O)NC1CC1. The van der Waals surface area contributed by atoms with Crippen LogP contribution in [0.15, 0.2) is 0 Å². The highest BCUT2D eigenvalue weighted by Crippen LogP contribution is 2.18. The van der Waals surface area contributed by atoms with Crippen molar-refractivity contribution in [2.75, 3.05) is 26.2 Å². The molecule has 1 saturated carbocycles. The molecule has 0 aromatic rings. The highest BCUT2D eigenvalue weighted by atomic mass is 16.2. The molecule has 92 valence electrons. The summed E-state index contributed by atoms with van der Waals surface area (Å²) in [5.41, 5.74) is 0. The second-order valence-electron chi connectivity index (χ2n) is 5.01. The van der Waals surface area contributed by atoms with Gasteiger partial charge >= 0.3 is 0 Å². The largest absolute Gasteiger partial charge is 0.352 e. The monoisotopic (exact) mass is 225 g/mol. The molecule has 0 spiro atoms. The van der Waals surface area contributed by atoms with E-state index in [1.807, 2.05) is 6.92 Å². The van der Waals surface area contributed by atoms with Gasteiger partial charge in [-0.05, 0) is 45.7 Å². The van der Waals surface area contributed by atoms with Crippen molar-refractivity contribution in [3.8, 4) is 0 Å². The van der Waals surface area contributed by atoms with Crippen LogP contribution < -0.4 is 10.6 Å². The normalized spacial score (nSPS) is 23.3. The molecular formula is C12H23N3O. The molecule has 0 aromatic heterocycles. The molecule has 2 N–H and O–H groups in total. The summed E-state index contributed by atoms with van der Waals surface area (Å²) in [6.07, 6.45) is 4.98. The number of nitrogens with zero attached hydrogens (tertiary/aromatic N) is 1. The molecular weight excluding hydrogens is 202 g/mol. The van der Waals surface area contributed by atoms with Gasteiger partial charge in [0.2, 0.25) is 5.91 Å². The minimum Gasteiger partial charge on any atom is -0.352 e. The molecule has 1 heterocycles. The zero-order valence-electron chi connectivity index (χ0n) is 10.2. The molecule has 2 aliphatic rings. The summed E-state index contributed by atoms with van der Waals surface area (Å²) in [6, 6.07) is 0.415. The van der Waals surface area contributed by atoms with E-state index in [-0.39, 0.29) is 11.9 Å². The third kappa shape index (κ3) is 3.76. The van der Waals surface area contributed by atoms with Crippen molar-refractivity contribution < 1.29 is 4.79 Å². The van der Waals surface area contributed by atoms with Crippen molar-refractivity contribution in [3.05, 3.63) is 0 Å². The van der Waals surface area contributed by atoms with Gasteiger partial charge in [0.05, 0.1) is 6.04 Å². The van der Waals surface area contributed by atoms with Crippen LogP contribution in [0, 0.1) is 0 Å². The number of nitrogens with one attached hydrogen (secondary N) is 2. The minimum atomic E-state index is -0.0526. The number of hydrogen-bond donors (Lipinski definition) is 2. The van der Waals surface area contributed by atoms with Crippen molar-refractivity contribution in [2.24, 2.45) is 0 Å². The Morgan fingerprint density at radius 1 is 1.38 bits per heavy atom. The Morgan fingerprint density at radius 3 is 2.69 bits per heavy atom. The van der Waals surface area contributed by atoms with Crippen LogP contribution in [0.1, 0.15) is 32.6 Å². The summed E-state index contributed by atoms with van der Waals surface area (Å²) in [5.74, 6) is 0.156. The van der Waals surface area contributed by atoms with E-state index in [0.29, 0.717) is 6.04 Å². The molecule has 1 amide bonds. The molecule has 1 aliphatic heterocycles. The van der Waals surface area contributed by atoms with Crippen LogP contribution in [0.4, 0.5) is 0 Å². The summed E-state index contributed by atoms with van der Waals surface area (Å²) in [5, 5.41) is 6.31. The van der Waals surface area contributed by atoms with Crippen molar-refractivity contribution >= 4 is 5.91 Å². The summed E-state index contributed by atoms with van der Waals surface area (Å²) in [7, 11) is 0. The molecule has 1 aliphatic carbocycles. The highest BCUT2D eigenvalue weighted by Gasteiger charge is 2.25. The molecule has 4 heteroatoms. The van der Waals surface area contributed by atoms with Crippen molar-refractivity contribution in [1.82, 2.24) is 15.5 Å². The van der Waals surface area contributed by atoms with E-state index in [4.69, 9.17) is 0 Å². The van der Waals surface area contributed by atoms with Gasteiger partial charge in [0.1, 0.15) is 0 Å². The van der Waals surface area contributed by atoms with Gasteiger partial charge < -0.3 is 15.5 Å². The molecule has 1 unspecified atom stereocenters. The number of hydrogen-bond acceptors (Lipinski definition) is 3. The van der Waals surface area contributed by atoms with Gasteiger partial charge in [-0.2, -0.15) is 0 Å². The maximum absolute atomic E-state index is 11.6. The lowest BCUT2D eigenvalue weighted by atomic mass is 10.3. The van der Waals surface area contributed by atoms with Gasteiger partial charge in [0.25, 0.3) is 0 Å². The number of rotatable bonds is 6. The minimum absolute atomic E-state index is 0.0526. The van der Waals surface area contributed by atoms with Crippen LogP contribution in [-0.2, 0) is 4.79 Å². The number of amides is 1. The molecule has 2 fully saturated rings. The van der Waals surface area contributed by atoms with Crippen LogP contribution in [0.5, 0.6) is 0 Å². The van der Waals surface area contributed by atoms with Gasteiger partial charge in [0, 0.05) is 19.1 Å². The molecule has 2 rings (SSSR count). The predicted octanol–water partition coefficient (Wildman–Crippen LogP) is 0.339. The Morgan fingerprint density at radius 2 is 2.06 bits per heavy atom. The molecule has 1 atom stereocenters. The fraction of sp³-hybridized carbons (Fsp3) is 0.917. The second kappa shape index (κ2) is 5.64. The smallest absolute Gasteiger partial charge is 0.237 e. The molecule has 1 saturated heterocycles.